The lowest BCUT2D eigenvalue weighted by Gasteiger charge is -2.12. The van der Waals surface area contributed by atoms with Crippen LogP contribution in [0.3, 0.4) is 0 Å². The first-order valence-corrected chi connectivity index (χ1v) is 5.21. The van der Waals surface area contributed by atoms with E-state index < -0.39 is 0 Å². The Kier molecular flexibility index (Phi) is 5.23. The van der Waals surface area contributed by atoms with Gasteiger partial charge in [0.25, 0.3) is 0 Å². The lowest BCUT2D eigenvalue weighted by molar-refractivity contribution is 0.207. The molecule has 1 atom stereocenters. The summed E-state index contributed by atoms with van der Waals surface area (Å²) >= 11 is 0. The molecule has 78 valence electrons. The number of rotatable bonds is 6. The standard InChI is InChI=1S/C12H19NO/c1-14-10-9-12(13)8-7-11-5-3-2-4-6-11/h2-5,11,13H,6-10H2,1H3. The van der Waals surface area contributed by atoms with Crippen LogP contribution in [0.25, 0.3) is 0 Å². The number of hydrogen-bond acceptors (Lipinski definition) is 2. The molecular weight excluding hydrogens is 174 g/mol. The van der Waals surface area contributed by atoms with Gasteiger partial charge in [0.15, 0.2) is 0 Å². The van der Waals surface area contributed by atoms with Crippen molar-refractivity contribution in [3.8, 4) is 0 Å². The number of methoxy groups -OCH3 is 1. The van der Waals surface area contributed by atoms with Crippen molar-refractivity contribution in [1.29, 1.82) is 5.41 Å². The van der Waals surface area contributed by atoms with Gasteiger partial charge in [-0.25, -0.2) is 0 Å². The SMILES string of the molecule is COCCC(=N)CCC1C=CC=CC1. The topological polar surface area (TPSA) is 33.1 Å². The van der Waals surface area contributed by atoms with Gasteiger partial charge in [-0.15, -0.1) is 0 Å². The van der Waals surface area contributed by atoms with Crippen LogP contribution in [0.2, 0.25) is 0 Å². The van der Waals surface area contributed by atoms with E-state index in [0.29, 0.717) is 12.5 Å². The van der Waals surface area contributed by atoms with E-state index in [1.807, 2.05) is 0 Å². The third-order valence-electron chi connectivity index (χ3n) is 2.49. The first-order chi connectivity index (χ1) is 6.83. The number of hydrogen-bond donors (Lipinski definition) is 1. The zero-order chi connectivity index (χ0) is 10.2. The van der Waals surface area contributed by atoms with E-state index in [0.717, 1.165) is 31.4 Å². The Balaban J connectivity index is 2.10. The summed E-state index contributed by atoms with van der Waals surface area (Å²) in [6, 6.07) is 0. The van der Waals surface area contributed by atoms with Crippen molar-refractivity contribution in [3.05, 3.63) is 24.3 Å². The molecule has 0 radical (unpaired) electrons. The van der Waals surface area contributed by atoms with Gasteiger partial charge < -0.3 is 10.1 Å². The average molecular weight is 193 g/mol. The highest BCUT2D eigenvalue weighted by Crippen LogP contribution is 2.17. The summed E-state index contributed by atoms with van der Waals surface area (Å²) in [7, 11) is 1.68. The highest BCUT2D eigenvalue weighted by Gasteiger charge is 2.06. The fraction of sp³-hybridized carbons (Fsp3) is 0.583. The molecule has 0 amide bonds. The Hall–Kier alpha value is -0.890. The minimum Gasteiger partial charge on any atom is -0.384 e. The summed E-state index contributed by atoms with van der Waals surface area (Å²) in [5.74, 6) is 0.642. The molecule has 1 N–H and O–H groups in total. The maximum Gasteiger partial charge on any atom is 0.0514 e. The van der Waals surface area contributed by atoms with E-state index >= 15 is 0 Å². The second kappa shape index (κ2) is 6.55. The highest BCUT2D eigenvalue weighted by atomic mass is 16.5. The number of ether oxygens (including phenoxy) is 1. The zero-order valence-electron chi connectivity index (χ0n) is 8.83. The largest absolute Gasteiger partial charge is 0.384 e. The molecule has 2 nitrogen and oxygen atoms in total. The van der Waals surface area contributed by atoms with Crippen molar-refractivity contribution in [1.82, 2.24) is 0 Å². The Morgan fingerprint density at radius 3 is 2.93 bits per heavy atom. The van der Waals surface area contributed by atoms with Crippen molar-refractivity contribution < 1.29 is 4.74 Å². The molecule has 0 aliphatic heterocycles. The van der Waals surface area contributed by atoms with Gasteiger partial charge in [0.2, 0.25) is 0 Å². The fourth-order valence-electron chi connectivity index (χ4n) is 1.56. The molecule has 14 heavy (non-hydrogen) atoms. The van der Waals surface area contributed by atoms with E-state index in [1.54, 1.807) is 7.11 Å². The number of allylic oxidation sites excluding steroid dienone is 4. The van der Waals surface area contributed by atoms with Crippen molar-refractivity contribution >= 4 is 5.71 Å². The summed E-state index contributed by atoms with van der Waals surface area (Å²) in [5.41, 5.74) is 0.815. The summed E-state index contributed by atoms with van der Waals surface area (Å²) in [4.78, 5) is 0. The molecule has 1 aliphatic carbocycles. The molecular formula is C12H19NO. The van der Waals surface area contributed by atoms with E-state index in [2.05, 4.69) is 24.3 Å². The third-order valence-corrected chi connectivity index (χ3v) is 2.49. The van der Waals surface area contributed by atoms with E-state index in [1.165, 1.54) is 0 Å². The maximum atomic E-state index is 7.69. The molecule has 1 unspecified atom stereocenters. The Morgan fingerprint density at radius 2 is 2.29 bits per heavy atom. The van der Waals surface area contributed by atoms with Crippen molar-refractivity contribution in [2.45, 2.75) is 25.7 Å². The Morgan fingerprint density at radius 1 is 1.43 bits per heavy atom. The van der Waals surface area contributed by atoms with Gasteiger partial charge in [0.05, 0.1) is 6.61 Å². The van der Waals surface area contributed by atoms with Crippen LogP contribution in [-0.2, 0) is 4.74 Å². The van der Waals surface area contributed by atoms with E-state index in [-0.39, 0.29) is 0 Å². The molecule has 0 fully saturated rings. The predicted octanol–water partition coefficient (Wildman–Crippen LogP) is 2.96. The third kappa shape index (κ3) is 4.38. The molecule has 0 bridgehead atoms. The normalized spacial score (nSPS) is 19.9. The van der Waals surface area contributed by atoms with Gasteiger partial charge >= 0.3 is 0 Å². The summed E-state index contributed by atoms with van der Waals surface area (Å²) < 4.78 is 4.94. The van der Waals surface area contributed by atoms with Gasteiger partial charge in [-0.2, -0.15) is 0 Å². The van der Waals surface area contributed by atoms with Crippen LogP contribution in [0.4, 0.5) is 0 Å². The van der Waals surface area contributed by atoms with Crippen LogP contribution in [0.5, 0.6) is 0 Å². The van der Waals surface area contributed by atoms with Crippen LogP contribution in [0.15, 0.2) is 24.3 Å². The lowest BCUT2D eigenvalue weighted by Crippen LogP contribution is -2.05. The maximum absolute atomic E-state index is 7.69. The van der Waals surface area contributed by atoms with E-state index in [4.69, 9.17) is 10.1 Å². The van der Waals surface area contributed by atoms with Crippen molar-refractivity contribution in [2.24, 2.45) is 5.92 Å². The molecule has 0 saturated carbocycles. The predicted molar refractivity (Wildman–Crippen MR) is 59.8 cm³/mol. The van der Waals surface area contributed by atoms with Gasteiger partial charge in [-0.3, -0.25) is 0 Å². The Labute approximate surface area is 86.2 Å². The average Bonchev–Trinajstić information content (AvgIpc) is 2.25. The molecule has 1 rings (SSSR count). The molecule has 0 spiro atoms. The second-order valence-electron chi connectivity index (χ2n) is 3.69. The Bertz CT molecular complexity index is 230. The smallest absolute Gasteiger partial charge is 0.0514 e. The van der Waals surface area contributed by atoms with Gasteiger partial charge in [-0.1, -0.05) is 24.3 Å². The summed E-state index contributed by atoms with van der Waals surface area (Å²) in [6.07, 6.45) is 12.6. The van der Waals surface area contributed by atoms with Crippen LogP contribution in [0.1, 0.15) is 25.7 Å². The first kappa shape index (κ1) is 11.2. The molecule has 2 heteroatoms. The van der Waals surface area contributed by atoms with Gasteiger partial charge in [0.1, 0.15) is 0 Å². The van der Waals surface area contributed by atoms with Crippen LogP contribution in [0, 0.1) is 11.3 Å². The first-order valence-electron chi connectivity index (χ1n) is 5.21. The minimum absolute atomic E-state index is 0.642. The van der Waals surface area contributed by atoms with Crippen LogP contribution in [-0.4, -0.2) is 19.4 Å². The molecule has 0 heterocycles. The second-order valence-corrected chi connectivity index (χ2v) is 3.69. The van der Waals surface area contributed by atoms with Crippen molar-refractivity contribution in [2.75, 3.05) is 13.7 Å². The lowest BCUT2D eigenvalue weighted by atomic mass is 9.94. The molecule has 0 aromatic carbocycles. The highest BCUT2D eigenvalue weighted by molar-refractivity contribution is 5.81. The molecule has 0 aromatic heterocycles. The van der Waals surface area contributed by atoms with E-state index in [9.17, 15) is 0 Å². The summed E-state index contributed by atoms with van der Waals surface area (Å²) in [5, 5.41) is 7.69. The fourth-order valence-corrected chi connectivity index (χ4v) is 1.56. The quantitative estimate of drug-likeness (QED) is 0.646. The van der Waals surface area contributed by atoms with Gasteiger partial charge in [0, 0.05) is 19.2 Å². The van der Waals surface area contributed by atoms with Crippen LogP contribution < -0.4 is 0 Å². The minimum atomic E-state index is 0.642. The van der Waals surface area contributed by atoms with Gasteiger partial charge in [-0.05, 0) is 25.2 Å². The zero-order valence-corrected chi connectivity index (χ0v) is 8.83. The monoisotopic (exact) mass is 193 g/mol. The van der Waals surface area contributed by atoms with Crippen molar-refractivity contribution in [3.63, 3.8) is 0 Å². The van der Waals surface area contributed by atoms with Crippen LogP contribution >= 0.6 is 0 Å². The molecule has 0 aromatic rings. The molecule has 0 saturated heterocycles. The number of nitrogens with one attached hydrogen (secondary N) is 1. The molecule has 1 aliphatic rings. The summed E-state index contributed by atoms with van der Waals surface area (Å²) in [6.45, 7) is 0.680.